The van der Waals surface area contributed by atoms with Gasteiger partial charge in [0.2, 0.25) is 5.89 Å². The first-order valence-electron chi connectivity index (χ1n) is 8.31. The van der Waals surface area contributed by atoms with Crippen LogP contribution in [-0.2, 0) is 6.54 Å². The van der Waals surface area contributed by atoms with Crippen LogP contribution in [0.4, 0.5) is 5.69 Å². The van der Waals surface area contributed by atoms with E-state index in [0.717, 1.165) is 37.0 Å². The minimum absolute atomic E-state index is 0. The second-order valence-corrected chi connectivity index (χ2v) is 5.63. The number of oxazole rings is 1. The predicted octanol–water partition coefficient (Wildman–Crippen LogP) is 3.10. The Morgan fingerprint density at radius 3 is 2.52 bits per heavy atom. The topological polar surface area (TPSA) is 65.7 Å². The number of nitrogens with one attached hydrogen (secondary N) is 2. The monoisotopic (exact) mass is 457 g/mol. The summed E-state index contributed by atoms with van der Waals surface area (Å²) in [5, 5.41) is 6.58. The van der Waals surface area contributed by atoms with Gasteiger partial charge < -0.3 is 20.0 Å². The van der Waals surface area contributed by atoms with E-state index in [1.54, 1.807) is 0 Å². The number of guanidine groups is 1. The summed E-state index contributed by atoms with van der Waals surface area (Å²) in [5.41, 5.74) is 2.12. The Bertz CT molecular complexity index is 637. The minimum Gasteiger partial charge on any atom is -0.444 e. The summed E-state index contributed by atoms with van der Waals surface area (Å²) in [6, 6.07) is 10.3. The zero-order valence-corrected chi connectivity index (χ0v) is 17.7. The first-order chi connectivity index (χ1) is 11.6. The standard InChI is InChI=1S/C18H27N5O.HI/c1-5-19-18(21-13-17-22-14(2)15(3)24-17)20-11-12-23(4)16-9-7-6-8-10-16;/h6-10H,5,11-13H2,1-4H3,(H2,19,20,21);1H. The highest BCUT2D eigenvalue weighted by Gasteiger charge is 2.06. The van der Waals surface area contributed by atoms with Crippen molar-refractivity contribution in [3.05, 3.63) is 47.7 Å². The Morgan fingerprint density at radius 1 is 1.20 bits per heavy atom. The van der Waals surface area contributed by atoms with Crippen molar-refractivity contribution in [1.82, 2.24) is 15.6 Å². The number of rotatable bonds is 7. The van der Waals surface area contributed by atoms with Crippen LogP contribution in [0.5, 0.6) is 0 Å². The summed E-state index contributed by atoms with van der Waals surface area (Å²) in [4.78, 5) is 11.1. The molecule has 2 aromatic rings. The molecule has 6 nitrogen and oxygen atoms in total. The number of hydrogen-bond acceptors (Lipinski definition) is 4. The van der Waals surface area contributed by atoms with Gasteiger partial charge in [-0.15, -0.1) is 24.0 Å². The summed E-state index contributed by atoms with van der Waals surface area (Å²) in [6.07, 6.45) is 0. The maximum Gasteiger partial charge on any atom is 0.216 e. The largest absolute Gasteiger partial charge is 0.444 e. The van der Waals surface area contributed by atoms with Gasteiger partial charge in [-0.05, 0) is 32.9 Å². The first-order valence-corrected chi connectivity index (χ1v) is 8.31. The van der Waals surface area contributed by atoms with Crippen molar-refractivity contribution in [3.63, 3.8) is 0 Å². The molecule has 7 heteroatoms. The molecule has 2 rings (SSSR count). The van der Waals surface area contributed by atoms with Gasteiger partial charge in [-0.25, -0.2) is 9.98 Å². The lowest BCUT2D eigenvalue weighted by molar-refractivity contribution is 0.473. The van der Waals surface area contributed by atoms with Crippen LogP contribution in [0.3, 0.4) is 0 Å². The van der Waals surface area contributed by atoms with E-state index in [1.807, 2.05) is 39.0 Å². The fourth-order valence-electron chi connectivity index (χ4n) is 2.25. The molecule has 0 spiro atoms. The number of aliphatic imine (C=N–C) groups is 1. The molecule has 0 saturated heterocycles. The molecule has 0 aliphatic carbocycles. The van der Waals surface area contributed by atoms with Gasteiger partial charge in [0.25, 0.3) is 0 Å². The lowest BCUT2D eigenvalue weighted by Crippen LogP contribution is -2.41. The minimum atomic E-state index is 0. The van der Waals surface area contributed by atoms with Crippen molar-refractivity contribution in [1.29, 1.82) is 0 Å². The zero-order chi connectivity index (χ0) is 17.4. The third kappa shape index (κ3) is 6.93. The van der Waals surface area contributed by atoms with Crippen LogP contribution in [0.25, 0.3) is 0 Å². The molecule has 0 bridgehead atoms. The Balaban J connectivity index is 0.00000312. The Morgan fingerprint density at radius 2 is 1.92 bits per heavy atom. The summed E-state index contributed by atoms with van der Waals surface area (Å²) in [6.45, 7) is 8.81. The van der Waals surface area contributed by atoms with Crippen LogP contribution in [0.15, 0.2) is 39.7 Å². The molecule has 0 saturated carbocycles. The van der Waals surface area contributed by atoms with Crippen LogP contribution in [0, 0.1) is 13.8 Å². The molecule has 0 radical (unpaired) electrons. The van der Waals surface area contributed by atoms with Gasteiger partial charge in [-0.1, -0.05) is 18.2 Å². The van der Waals surface area contributed by atoms with Crippen LogP contribution in [-0.4, -0.2) is 37.6 Å². The number of hydrogen-bond donors (Lipinski definition) is 2. The molecule has 0 unspecified atom stereocenters. The number of benzene rings is 1. The molecule has 1 heterocycles. The summed E-state index contributed by atoms with van der Waals surface area (Å²) >= 11 is 0. The average molecular weight is 457 g/mol. The number of para-hydroxylation sites is 1. The Hall–Kier alpha value is -1.77. The van der Waals surface area contributed by atoms with Gasteiger partial charge in [0.1, 0.15) is 12.3 Å². The maximum atomic E-state index is 5.56. The van der Waals surface area contributed by atoms with Gasteiger partial charge >= 0.3 is 0 Å². The van der Waals surface area contributed by atoms with Crippen LogP contribution >= 0.6 is 24.0 Å². The van der Waals surface area contributed by atoms with Gasteiger partial charge in [-0.2, -0.15) is 0 Å². The highest BCUT2D eigenvalue weighted by Crippen LogP contribution is 2.10. The molecule has 0 aliphatic heterocycles. The van der Waals surface area contributed by atoms with Gasteiger partial charge in [0.05, 0.1) is 5.69 Å². The average Bonchev–Trinajstić information content (AvgIpc) is 2.91. The van der Waals surface area contributed by atoms with Crippen molar-refractivity contribution in [3.8, 4) is 0 Å². The number of halogens is 1. The molecule has 0 atom stereocenters. The molecule has 0 aliphatic rings. The van der Waals surface area contributed by atoms with Crippen LogP contribution < -0.4 is 15.5 Å². The van der Waals surface area contributed by atoms with E-state index in [0.29, 0.717) is 12.4 Å². The van der Waals surface area contributed by atoms with Gasteiger partial charge in [0, 0.05) is 32.4 Å². The fraction of sp³-hybridized carbons (Fsp3) is 0.444. The molecule has 1 aromatic heterocycles. The molecule has 0 fully saturated rings. The normalized spacial score (nSPS) is 11.0. The third-order valence-corrected chi connectivity index (χ3v) is 3.73. The quantitative estimate of drug-likeness (QED) is 0.380. The van der Waals surface area contributed by atoms with E-state index < -0.39 is 0 Å². The van der Waals surface area contributed by atoms with E-state index in [9.17, 15) is 0 Å². The Labute approximate surface area is 167 Å². The van der Waals surface area contributed by atoms with E-state index >= 15 is 0 Å². The van der Waals surface area contributed by atoms with Crippen LogP contribution in [0.2, 0.25) is 0 Å². The third-order valence-electron chi connectivity index (χ3n) is 3.73. The summed E-state index contributed by atoms with van der Waals surface area (Å²) < 4.78 is 5.56. The summed E-state index contributed by atoms with van der Waals surface area (Å²) in [5.74, 6) is 2.26. The number of nitrogens with zero attached hydrogens (tertiary/aromatic N) is 3. The van der Waals surface area contributed by atoms with Gasteiger partial charge in [0.15, 0.2) is 5.96 Å². The highest BCUT2D eigenvalue weighted by molar-refractivity contribution is 14.0. The van der Waals surface area contributed by atoms with Crippen molar-refractivity contribution in [2.24, 2.45) is 4.99 Å². The molecular formula is C18H28IN5O. The molecule has 2 N–H and O–H groups in total. The highest BCUT2D eigenvalue weighted by atomic mass is 127. The molecule has 0 amide bonds. The number of aryl methyl sites for hydroxylation is 2. The van der Waals surface area contributed by atoms with Crippen LogP contribution in [0.1, 0.15) is 24.3 Å². The van der Waals surface area contributed by atoms with E-state index in [4.69, 9.17) is 4.42 Å². The van der Waals surface area contributed by atoms with E-state index in [1.165, 1.54) is 5.69 Å². The Kier molecular flexibility index (Phi) is 9.33. The number of anilines is 1. The van der Waals surface area contributed by atoms with E-state index in [2.05, 4.69) is 44.7 Å². The molecule has 1 aromatic carbocycles. The van der Waals surface area contributed by atoms with Gasteiger partial charge in [-0.3, -0.25) is 0 Å². The van der Waals surface area contributed by atoms with Crippen molar-refractivity contribution in [2.75, 3.05) is 31.6 Å². The summed E-state index contributed by atoms with van der Waals surface area (Å²) in [7, 11) is 2.08. The predicted molar refractivity (Wildman–Crippen MR) is 114 cm³/mol. The number of likely N-dealkylation sites (N-methyl/N-ethyl adjacent to an activating group) is 1. The molecule has 138 valence electrons. The first kappa shape index (κ1) is 21.3. The van der Waals surface area contributed by atoms with Crippen molar-refractivity contribution in [2.45, 2.75) is 27.3 Å². The zero-order valence-electron chi connectivity index (χ0n) is 15.4. The molecular weight excluding hydrogens is 429 g/mol. The fourth-order valence-corrected chi connectivity index (χ4v) is 2.25. The van der Waals surface area contributed by atoms with Crippen molar-refractivity contribution >= 4 is 35.6 Å². The SMILES string of the molecule is CCNC(=NCc1nc(C)c(C)o1)NCCN(C)c1ccccc1.I. The lowest BCUT2D eigenvalue weighted by Gasteiger charge is -2.20. The second-order valence-electron chi connectivity index (χ2n) is 5.63. The molecule has 25 heavy (non-hydrogen) atoms. The van der Waals surface area contributed by atoms with E-state index in [-0.39, 0.29) is 24.0 Å². The smallest absolute Gasteiger partial charge is 0.216 e. The maximum absolute atomic E-state index is 5.56. The van der Waals surface area contributed by atoms with Crippen molar-refractivity contribution < 1.29 is 4.42 Å². The second kappa shape index (κ2) is 11.0. The number of aromatic nitrogens is 1. The lowest BCUT2D eigenvalue weighted by atomic mass is 10.3.